The maximum absolute atomic E-state index is 10.9. The Morgan fingerprint density at radius 1 is 1.42 bits per heavy atom. The fourth-order valence-corrected chi connectivity index (χ4v) is 1.48. The highest BCUT2D eigenvalue weighted by molar-refractivity contribution is 5.68. The summed E-state index contributed by atoms with van der Waals surface area (Å²) in [4.78, 5) is 10.4. The highest BCUT2D eigenvalue weighted by Crippen LogP contribution is 2.27. The number of nitrogens with one attached hydrogen (secondary N) is 1. The van der Waals surface area contributed by atoms with Crippen molar-refractivity contribution >= 4 is 11.4 Å². The van der Waals surface area contributed by atoms with Gasteiger partial charge in [-0.25, -0.2) is 0 Å². The Hall–Kier alpha value is -2.17. The normalized spacial score (nSPS) is 9.89. The van der Waals surface area contributed by atoms with Gasteiger partial charge >= 0.3 is 5.69 Å². The monoisotopic (exact) mass is 265 g/mol. The Morgan fingerprint density at radius 3 is 2.84 bits per heavy atom. The molecular formula is C12H15N3O4. The smallest absolute Gasteiger partial charge is 0.309 e. The first-order chi connectivity index (χ1) is 9.20. The van der Waals surface area contributed by atoms with Crippen LogP contribution in [0.3, 0.4) is 0 Å². The Balaban J connectivity index is 2.59. The predicted octanol–water partition coefficient (Wildman–Crippen LogP) is 1.54. The summed E-state index contributed by atoms with van der Waals surface area (Å²) >= 11 is 0. The number of nitro benzene ring substituents is 1. The first-order valence-electron chi connectivity index (χ1n) is 5.68. The van der Waals surface area contributed by atoms with Crippen molar-refractivity contribution in [3.8, 4) is 6.07 Å². The van der Waals surface area contributed by atoms with E-state index in [1.807, 2.05) is 0 Å². The van der Waals surface area contributed by atoms with Gasteiger partial charge in [0.15, 0.2) is 0 Å². The van der Waals surface area contributed by atoms with E-state index in [2.05, 4.69) is 5.32 Å². The van der Waals surface area contributed by atoms with Gasteiger partial charge in [0, 0.05) is 13.7 Å². The zero-order valence-electron chi connectivity index (χ0n) is 10.6. The summed E-state index contributed by atoms with van der Waals surface area (Å²) in [6.45, 7) is 1.79. The standard InChI is InChI=1S/C12H15N3O4/c1-18-7-8-19-6-5-14-11-4-2-3-10(9-13)12(11)15(16)17/h2-4,14H,5-8H2,1H3. The molecule has 0 saturated heterocycles. The number of hydrogen-bond donors (Lipinski definition) is 1. The Kier molecular flexibility index (Phi) is 6.29. The summed E-state index contributed by atoms with van der Waals surface area (Å²) in [6.07, 6.45) is 0. The minimum absolute atomic E-state index is 0.0373. The van der Waals surface area contributed by atoms with Crippen LogP contribution >= 0.6 is 0 Å². The van der Waals surface area contributed by atoms with Gasteiger partial charge in [-0.2, -0.15) is 5.26 Å². The molecule has 0 aliphatic rings. The molecule has 7 nitrogen and oxygen atoms in total. The molecule has 0 fully saturated rings. The van der Waals surface area contributed by atoms with Crippen LogP contribution in [0.2, 0.25) is 0 Å². The van der Waals surface area contributed by atoms with Crippen molar-refractivity contribution in [1.29, 1.82) is 5.26 Å². The van der Waals surface area contributed by atoms with Gasteiger partial charge in [-0.3, -0.25) is 10.1 Å². The van der Waals surface area contributed by atoms with Gasteiger partial charge in [0.2, 0.25) is 0 Å². The SMILES string of the molecule is COCCOCCNc1cccc(C#N)c1[N+](=O)[O-]. The highest BCUT2D eigenvalue weighted by Gasteiger charge is 2.18. The average Bonchev–Trinajstić information content (AvgIpc) is 2.42. The molecule has 1 aromatic carbocycles. The van der Waals surface area contributed by atoms with E-state index >= 15 is 0 Å². The van der Waals surface area contributed by atoms with Crippen LogP contribution < -0.4 is 5.32 Å². The molecule has 102 valence electrons. The maximum atomic E-state index is 10.9. The lowest BCUT2D eigenvalue weighted by Gasteiger charge is -2.08. The highest BCUT2D eigenvalue weighted by atomic mass is 16.6. The summed E-state index contributed by atoms with van der Waals surface area (Å²) in [5.74, 6) is 0. The molecule has 0 aliphatic carbocycles. The lowest BCUT2D eigenvalue weighted by atomic mass is 10.1. The van der Waals surface area contributed by atoms with Crippen molar-refractivity contribution in [2.75, 3.05) is 38.8 Å². The number of rotatable bonds is 8. The summed E-state index contributed by atoms with van der Waals surface area (Å²) in [6, 6.07) is 6.38. The molecule has 1 aromatic rings. The van der Waals surface area contributed by atoms with Crippen molar-refractivity contribution in [2.45, 2.75) is 0 Å². The van der Waals surface area contributed by atoms with Gasteiger partial charge in [0.1, 0.15) is 17.3 Å². The van der Waals surface area contributed by atoms with Gasteiger partial charge in [-0.05, 0) is 12.1 Å². The van der Waals surface area contributed by atoms with Crippen molar-refractivity contribution in [1.82, 2.24) is 0 Å². The Labute approximate surface area is 110 Å². The summed E-state index contributed by atoms with van der Waals surface area (Å²) in [5.41, 5.74) is 0.150. The average molecular weight is 265 g/mol. The zero-order chi connectivity index (χ0) is 14.1. The van der Waals surface area contributed by atoms with E-state index in [0.29, 0.717) is 32.1 Å². The van der Waals surface area contributed by atoms with Gasteiger partial charge < -0.3 is 14.8 Å². The van der Waals surface area contributed by atoms with Crippen LogP contribution in [0.25, 0.3) is 0 Å². The number of nitriles is 1. The van der Waals surface area contributed by atoms with E-state index in [1.54, 1.807) is 25.3 Å². The number of benzene rings is 1. The third kappa shape index (κ3) is 4.54. The molecule has 0 amide bonds. The zero-order valence-corrected chi connectivity index (χ0v) is 10.6. The summed E-state index contributed by atoms with van der Waals surface area (Å²) in [7, 11) is 1.58. The number of hydrogen-bond acceptors (Lipinski definition) is 6. The molecule has 0 heterocycles. The van der Waals surface area contributed by atoms with Gasteiger partial charge in [0.05, 0.1) is 24.7 Å². The summed E-state index contributed by atoms with van der Waals surface area (Å²) < 4.78 is 10.0. The maximum Gasteiger partial charge on any atom is 0.309 e. The number of methoxy groups -OCH3 is 1. The number of anilines is 1. The van der Waals surface area contributed by atoms with Crippen LogP contribution in [-0.4, -0.2) is 38.4 Å². The second kappa shape index (κ2) is 8.02. The molecule has 1 rings (SSSR count). The molecule has 0 aromatic heterocycles. The van der Waals surface area contributed by atoms with E-state index in [1.165, 1.54) is 6.07 Å². The van der Waals surface area contributed by atoms with E-state index in [-0.39, 0.29) is 11.3 Å². The predicted molar refractivity (Wildman–Crippen MR) is 69.0 cm³/mol. The number of nitrogens with zero attached hydrogens (tertiary/aromatic N) is 2. The minimum atomic E-state index is -0.563. The fourth-order valence-electron chi connectivity index (χ4n) is 1.48. The molecule has 7 heteroatoms. The first-order valence-corrected chi connectivity index (χ1v) is 5.68. The molecule has 0 atom stereocenters. The Morgan fingerprint density at radius 2 is 2.21 bits per heavy atom. The minimum Gasteiger partial charge on any atom is -0.382 e. The third-order valence-corrected chi connectivity index (χ3v) is 2.33. The molecule has 0 aliphatic heterocycles. The molecule has 0 spiro atoms. The largest absolute Gasteiger partial charge is 0.382 e. The second-order valence-corrected chi connectivity index (χ2v) is 3.60. The van der Waals surface area contributed by atoms with Crippen LogP contribution in [0.15, 0.2) is 18.2 Å². The van der Waals surface area contributed by atoms with Crippen LogP contribution in [-0.2, 0) is 9.47 Å². The van der Waals surface area contributed by atoms with Crippen LogP contribution in [0, 0.1) is 21.4 Å². The first kappa shape index (κ1) is 14.9. The number of para-hydroxylation sites is 1. The van der Waals surface area contributed by atoms with Gasteiger partial charge in [0.25, 0.3) is 0 Å². The number of nitro groups is 1. The quantitative estimate of drug-likeness (QED) is 0.435. The number of ether oxygens (including phenoxy) is 2. The second-order valence-electron chi connectivity index (χ2n) is 3.60. The van der Waals surface area contributed by atoms with E-state index in [4.69, 9.17) is 14.7 Å². The fraction of sp³-hybridized carbons (Fsp3) is 0.417. The molecule has 0 radical (unpaired) electrons. The molecule has 0 unspecified atom stereocenters. The third-order valence-electron chi connectivity index (χ3n) is 2.33. The van der Waals surface area contributed by atoms with E-state index in [0.717, 1.165) is 0 Å². The van der Waals surface area contributed by atoms with Crippen molar-refractivity contribution in [2.24, 2.45) is 0 Å². The van der Waals surface area contributed by atoms with Crippen LogP contribution in [0.4, 0.5) is 11.4 Å². The van der Waals surface area contributed by atoms with Crippen LogP contribution in [0.5, 0.6) is 0 Å². The topological polar surface area (TPSA) is 97.4 Å². The van der Waals surface area contributed by atoms with Crippen LogP contribution in [0.1, 0.15) is 5.56 Å². The molecular weight excluding hydrogens is 250 g/mol. The van der Waals surface area contributed by atoms with E-state index < -0.39 is 4.92 Å². The summed E-state index contributed by atoms with van der Waals surface area (Å²) in [5, 5.41) is 22.7. The molecule has 0 saturated carbocycles. The van der Waals surface area contributed by atoms with Crippen molar-refractivity contribution in [3.05, 3.63) is 33.9 Å². The molecule has 0 bridgehead atoms. The molecule has 1 N–H and O–H groups in total. The van der Waals surface area contributed by atoms with E-state index in [9.17, 15) is 10.1 Å². The molecule has 19 heavy (non-hydrogen) atoms. The van der Waals surface area contributed by atoms with Crippen molar-refractivity contribution < 1.29 is 14.4 Å². The van der Waals surface area contributed by atoms with Gasteiger partial charge in [-0.15, -0.1) is 0 Å². The lowest BCUT2D eigenvalue weighted by Crippen LogP contribution is -2.13. The lowest BCUT2D eigenvalue weighted by molar-refractivity contribution is -0.384. The Bertz CT molecular complexity index is 471. The van der Waals surface area contributed by atoms with Crippen molar-refractivity contribution in [3.63, 3.8) is 0 Å². The van der Waals surface area contributed by atoms with Gasteiger partial charge in [-0.1, -0.05) is 6.07 Å².